The van der Waals surface area contributed by atoms with Gasteiger partial charge in [-0.05, 0) is 24.3 Å². The Morgan fingerprint density at radius 3 is 2.27 bits per heavy atom. The van der Waals surface area contributed by atoms with E-state index in [1.807, 2.05) is 54.6 Å². The van der Waals surface area contributed by atoms with Crippen LogP contribution in [0.4, 0.5) is 0 Å². The fourth-order valence-corrected chi connectivity index (χ4v) is 2.22. The molecule has 0 atom stereocenters. The van der Waals surface area contributed by atoms with Crippen LogP contribution in [0, 0.1) is 0 Å². The molecular weight excluding hydrogens is 278 g/mol. The number of methoxy groups -OCH3 is 2. The summed E-state index contributed by atoms with van der Waals surface area (Å²) in [6, 6.07) is 17.6. The Kier molecular flexibility index (Phi) is 4.16. The first-order valence-corrected chi connectivity index (χ1v) is 6.95. The second-order valence-electron chi connectivity index (χ2n) is 4.77. The van der Waals surface area contributed by atoms with Gasteiger partial charge in [-0.1, -0.05) is 30.3 Å². The predicted octanol–water partition coefficient (Wildman–Crippen LogP) is 3.22. The van der Waals surface area contributed by atoms with Crippen molar-refractivity contribution in [2.24, 2.45) is 0 Å². The lowest BCUT2D eigenvalue weighted by Gasteiger charge is -2.03. The van der Waals surface area contributed by atoms with Gasteiger partial charge in [0.2, 0.25) is 0 Å². The molecule has 0 bridgehead atoms. The van der Waals surface area contributed by atoms with Crippen molar-refractivity contribution in [2.75, 3.05) is 14.2 Å². The maximum absolute atomic E-state index is 5.22. The lowest BCUT2D eigenvalue weighted by molar-refractivity contribution is 0.122. The molecule has 112 valence electrons. The molecule has 3 aromatic rings. The van der Waals surface area contributed by atoms with Crippen LogP contribution in [-0.4, -0.2) is 29.0 Å². The van der Waals surface area contributed by atoms with E-state index in [0.717, 1.165) is 22.7 Å². The van der Waals surface area contributed by atoms with Crippen molar-refractivity contribution < 1.29 is 9.47 Å². The quantitative estimate of drug-likeness (QED) is 0.725. The van der Waals surface area contributed by atoms with Gasteiger partial charge in [-0.25, -0.2) is 9.67 Å². The summed E-state index contributed by atoms with van der Waals surface area (Å²) in [5, 5.41) is 4.54. The molecule has 0 unspecified atom stereocenters. The molecule has 0 amide bonds. The average Bonchev–Trinajstić information content (AvgIpc) is 3.00. The second kappa shape index (κ2) is 6.41. The summed E-state index contributed by atoms with van der Waals surface area (Å²) < 4.78 is 12.2. The molecule has 1 aromatic heterocycles. The van der Waals surface area contributed by atoms with Gasteiger partial charge in [-0.15, -0.1) is 5.10 Å². The zero-order valence-corrected chi connectivity index (χ0v) is 12.6. The van der Waals surface area contributed by atoms with Crippen molar-refractivity contribution in [1.29, 1.82) is 0 Å². The number of hydrogen-bond acceptors (Lipinski definition) is 4. The van der Waals surface area contributed by atoms with Crippen molar-refractivity contribution in [3.05, 3.63) is 54.6 Å². The highest BCUT2D eigenvalue weighted by molar-refractivity contribution is 5.62. The van der Waals surface area contributed by atoms with E-state index >= 15 is 0 Å². The summed E-state index contributed by atoms with van der Waals surface area (Å²) in [5.41, 5.74) is 1.94. The van der Waals surface area contributed by atoms with Crippen LogP contribution in [-0.2, 0) is 11.5 Å². The summed E-state index contributed by atoms with van der Waals surface area (Å²) in [5.74, 6) is 2.26. The molecule has 0 spiro atoms. The van der Waals surface area contributed by atoms with E-state index < -0.39 is 0 Å². The molecule has 0 N–H and O–H groups in total. The van der Waals surface area contributed by atoms with Crippen LogP contribution in [0.2, 0.25) is 0 Å². The molecule has 0 saturated heterocycles. The van der Waals surface area contributed by atoms with Crippen LogP contribution in [0.25, 0.3) is 22.8 Å². The highest BCUT2D eigenvalue weighted by Crippen LogP contribution is 2.24. The van der Waals surface area contributed by atoms with Gasteiger partial charge in [0.05, 0.1) is 7.11 Å². The lowest BCUT2D eigenvalue weighted by Crippen LogP contribution is -2.04. The van der Waals surface area contributed by atoms with Gasteiger partial charge >= 0.3 is 0 Å². The van der Waals surface area contributed by atoms with Crippen LogP contribution in [0.1, 0.15) is 0 Å². The summed E-state index contributed by atoms with van der Waals surface area (Å²) in [6.45, 7) is 0.355. The Balaban J connectivity index is 2.02. The van der Waals surface area contributed by atoms with Crippen LogP contribution < -0.4 is 4.74 Å². The van der Waals surface area contributed by atoms with E-state index in [-0.39, 0.29) is 0 Å². The maximum Gasteiger partial charge on any atom is 0.181 e. The third-order valence-electron chi connectivity index (χ3n) is 3.30. The average molecular weight is 295 g/mol. The summed E-state index contributed by atoms with van der Waals surface area (Å²) in [7, 11) is 3.29. The minimum Gasteiger partial charge on any atom is -0.497 e. The fraction of sp³-hybridized carbons (Fsp3) is 0.176. The van der Waals surface area contributed by atoms with Crippen LogP contribution >= 0.6 is 0 Å². The molecule has 3 rings (SSSR count). The second-order valence-corrected chi connectivity index (χ2v) is 4.77. The number of ether oxygens (including phenoxy) is 2. The number of aromatic nitrogens is 3. The molecule has 1 heterocycles. The SMILES string of the molecule is COCn1nc(-c2ccc(OC)cc2)nc1-c1ccccc1. The van der Waals surface area contributed by atoms with Crippen LogP contribution in [0.15, 0.2) is 54.6 Å². The van der Waals surface area contributed by atoms with E-state index in [1.165, 1.54) is 0 Å². The van der Waals surface area contributed by atoms with Crippen molar-refractivity contribution in [1.82, 2.24) is 14.8 Å². The number of hydrogen-bond donors (Lipinski definition) is 0. The molecule has 0 aliphatic carbocycles. The molecule has 22 heavy (non-hydrogen) atoms. The zero-order valence-electron chi connectivity index (χ0n) is 12.6. The monoisotopic (exact) mass is 295 g/mol. The molecule has 5 heteroatoms. The topological polar surface area (TPSA) is 49.2 Å². The molecule has 2 aromatic carbocycles. The van der Waals surface area contributed by atoms with Gasteiger partial charge in [-0.3, -0.25) is 0 Å². The number of benzene rings is 2. The predicted molar refractivity (Wildman–Crippen MR) is 84.5 cm³/mol. The summed E-state index contributed by atoms with van der Waals surface area (Å²) in [4.78, 5) is 4.66. The molecule has 0 aliphatic rings. The maximum atomic E-state index is 5.22. The van der Waals surface area contributed by atoms with Crippen molar-refractivity contribution >= 4 is 0 Å². The number of rotatable bonds is 5. The third kappa shape index (κ3) is 2.84. The molecular formula is C17H17N3O2. The fourth-order valence-electron chi connectivity index (χ4n) is 2.22. The Morgan fingerprint density at radius 1 is 0.909 bits per heavy atom. The first-order chi connectivity index (χ1) is 10.8. The van der Waals surface area contributed by atoms with E-state index in [9.17, 15) is 0 Å². The highest BCUT2D eigenvalue weighted by Gasteiger charge is 2.13. The Morgan fingerprint density at radius 2 is 1.64 bits per heavy atom. The molecule has 0 fully saturated rings. The Hall–Kier alpha value is -2.66. The van der Waals surface area contributed by atoms with Gasteiger partial charge in [0.1, 0.15) is 12.5 Å². The smallest absolute Gasteiger partial charge is 0.181 e. The molecule has 0 radical (unpaired) electrons. The van der Waals surface area contributed by atoms with E-state index in [0.29, 0.717) is 12.6 Å². The molecule has 0 aliphatic heterocycles. The summed E-state index contributed by atoms with van der Waals surface area (Å²) >= 11 is 0. The largest absolute Gasteiger partial charge is 0.497 e. The lowest BCUT2D eigenvalue weighted by atomic mass is 10.2. The van der Waals surface area contributed by atoms with E-state index in [4.69, 9.17) is 9.47 Å². The number of nitrogens with zero attached hydrogens (tertiary/aromatic N) is 3. The van der Waals surface area contributed by atoms with E-state index in [1.54, 1.807) is 18.9 Å². The van der Waals surface area contributed by atoms with Crippen molar-refractivity contribution in [3.8, 4) is 28.5 Å². The van der Waals surface area contributed by atoms with E-state index in [2.05, 4.69) is 10.1 Å². The zero-order chi connectivity index (χ0) is 15.4. The van der Waals surface area contributed by atoms with Crippen molar-refractivity contribution in [2.45, 2.75) is 6.73 Å². The van der Waals surface area contributed by atoms with Crippen molar-refractivity contribution in [3.63, 3.8) is 0 Å². The third-order valence-corrected chi connectivity index (χ3v) is 3.30. The normalized spacial score (nSPS) is 10.6. The van der Waals surface area contributed by atoms with Gasteiger partial charge in [0.15, 0.2) is 11.6 Å². The first kappa shape index (κ1) is 14.3. The van der Waals surface area contributed by atoms with Crippen LogP contribution in [0.5, 0.6) is 5.75 Å². The van der Waals surface area contributed by atoms with Gasteiger partial charge in [0, 0.05) is 18.2 Å². The van der Waals surface area contributed by atoms with Gasteiger partial charge < -0.3 is 9.47 Å². The molecule has 0 saturated carbocycles. The Bertz CT molecular complexity index is 736. The minimum atomic E-state index is 0.355. The Labute approximate surface area is 129 Å². The highest BCUT2D eigenvalue weighted by atomic mass is 16.5. The standard InChI is InChI=1S/C17H17N3O2/c1-21-12-20-17(14-6-4-3-5-7-14)18-16(19-20)13-8-10-15(22-2)11-9-13/h3-11H,12H2,1-2H3. The van der Waals surface area contributed by atoms with Gasteiger partial charge in [-0.2, -0.15) is 0 Å². The van der Waals surface area contributed by atoms with Gasteiger partial charge in [0.25, 0.3) is 0 Å². The first-order valence-electron chi connectivity index (χ1n) is 6.95. The molecule has 5 nitrogen and oxygen atoms in total. The van der Waals surface area contributed by atoms with Crippen LogP contribution in [0.3, 0.4) is 0 Å². The summed E-state index contributed by atoms with van der Waals surface area (Å²) in [6.07, 6.45) is 0. The minimum absolute atomic E-state index is 0.355.